The molecule has 1 atom stereocenters. The fourth-order valence-corrected chi connectivity index (χ4v) is 9.22. The van der Waals surface area contributed by atoms with Gasteiger partial charge < -0.3 is 38.5 Å². The molecule has 1 fully saturated rings. The fourth-order valence-electron chi connectivity index (χ4n) is 9.22. The molecule has 21 heteroatoms. The summed E-state index contributed by atoms with van der Waals surface area (Å²) in [5, 5.41) is 2.85. The van der Waals surface area contributed by atoms with Crippen LogP contribution in [-0.2, 0) is 72.6 Å². The Hall–Kier alpha value is -8.92. The monoisotopic (exact) mass is 1150 g/mol. The van der Waals surface area contributed by atoms with Crippen LogP contribution in [-0.4, -0.2) is 144 Å². The number of methoxy groups -OCH3 is 3. The Balaban J connectivity index is 1.26. The van der Waals surface area contributed by atoms with Crippen molar-refractivity contribution in [1.82, 2.24) is 35.0 Å². The highest BCUT2D eigenvalue weighted by atomic mass is 16.6. The summed E-state index contributed by atoms with van der Waals surface area (Å²) in [6.45, 7) is 7.85. The minimum atomic E-state index is -0.764. The Labute approximate surface area is 488 Å². The van der Waals surface area contributed by atoms with E-state index in [2.05, 4.69) is 25.0 Å². The number of benzene rings is 3. The number of pyridine rings is 3. The molecule has 4 heterocycles. The van der Waals surface area contributed by atoms with Gasteiger partial charge in [0, 0.05) is 64.9 Å². The number of carbonyl (C=O) groups excluding carboxylic acids is 7. The number of ether oxygens (including phenoxy) is 7. The molecule has 442 valence electrons. The number of unbranched alkanes of at least 4 members (excludes halogenated alkanes) is 1. The second-order valence-electron chi connectivity index (χ2n) is 20.9. The molecule has 21 nitrogen and oxygen atoms in total. The van der Waals surface area contributed by atoms with E-state index in [1.54, 1.807) is 39.0 Å². The van der Waals surface area contributed by atoms with E-state index in [-0.39, 0.29) is 79.3 Å². The van der Waals surface area contributed by atoms with E-state index >= 15 is 0 Å². The average Bonchev–Trinajstić information content (AvgIpc) is 3.75. The number of rotatable bonds is 23. The van der Waals surface area contributed by atoms with E-state index in [1.807, 2.05) is 91.0 Å². The lowest BCUT2D eigenvalue weighted by Crippen LogP contribution is -2.44. The van der Waals surface area contributed by atoms with Gasteiger partial charge in [0.1, 0.15) is 42.5 Å². The van der Waals surface area contributed by atoms with Crippen LogP contribution in [0.3, 0.4) is 0 Å². The Morgan fingerprint density at radius 1 is 0.488 bits per heavy atom. The number of hydrogen-bond donors (Lipinski definition) is 1. The molecule has 1 N–H and O–H groups in total. The summed E-state index contributed by atoms with van der Waals surface area (Å²) in [6.07, 6.45) is 1.19. The first-order chi connectivity index (χ1) is 40.4. The molecule has 1 saturated heterocycles. The van der Waals surface area contributed by atoms with Crippen molar-refractivity contribution in [3.05, 3.63) is 195 Å². The first-order valence-corrected chi connectivity index (χ1v) is 27.5. The van der Waals surface area contributed by atoms with Crippen LogP contribution in [0.1, 0.15) is 136 Å². The van der Waals surface area contributed by atoms with Gasteiger partial charge in [-0.2, -0.15) is 0 Å². The third-order valence-corrected chi connectivity index (χ3v) is 13.4. The van der Waals surface area contributed by atoms with Crippen molar-refractivity contribution >= 4 is 41.9 Å². The van der Waals surface area contributed by atoms with Gasteiger partial charge in [0.2, 0.25) is 0 Å². The molecule has 3 aromatic carbocycles. The lowest BCUT2D eigenvalue weighted by Gasteiger charge is -2.35. The van der Waals surface area contributed by atoms with E-state index in [9.17, 15) is 33.6 Å². The second-order valence-corrected chi connectivity index (χ2v) is 20.9. The third-order valence-electron chi connectivity index (χ3n) is 13.4. The molecule has 0 bridgehead atoms. The highest BCUT2D eigenvalue weighted by molar-refractivity contribution is 5.96. The van der Waals surface area contributed by atoms with E-state index in [4.69, 9.17) is 43.1 Å². The van der Waals surface area contributed by atoms with Crippen LogP contribution in [0.4, 0.5) is 4.79 Å². The highest BCUT2D eigenvalue weighted by Crippen LogP contribution is 2.23. The van der Waals surface area contributed by atoms with Crippen molar-refractivity contribution in [2.75, 3.05) is 60.6 Å². The van der Waals surface area contributed by atoms with Gasteiger partial charge in [-0.05, 0) is 86.7 Å². The number of carbonyl (C=O) groups is 7. The number of esters is 6. The second kappa shape index (κ2) is 30.9. The largest absolute Gasteiger partial charge is 0.464 e. The molecule has 0 unspecified atom stereocenters. The SMILES string of the molecule is COC(=O)c1cc(C(=O)OCc2ccccc2)cc(CN2CCN(Cc3cc(C(=O)OCc4ccccc4)cc(C(=O)OC)n3)C[C@H](CCCCNC(=O)OC(C)(C)C)N(Cc3cc(C(=O)OCc4ccccc4)cc(C(=O)OC)n3)CC2)n1. The Morgan fingerprint density at radius 2 is 0.869 bits per heavy atom. The van der Waals surface area contributed by atoms with Crippen molar-refractivity contribution < 1.29 is 66.7 Å². The van der Waals surface area contributed by atoms with Gasteiger partial charge in [-0.3, -0.25) is 14.7 Å². The Morgan fingerprint density at radius 3 is 1.27 bits per heavy atom. The number of amides is 1. The van der Waals surface area contributed by atoms with Crippen LogP contribution >= 0.6 is 0 Å². The van der Waals surface area contributed by atoms with Gasteiger partial charge >= 0.3 is 41.9 Å². The lowest BCUT2D eigenvalue weighted by molar-refractivity contribution is 0.0462. The van der Waals surface area contributed by atoms with Crippen LogP contribution in [0, 0.1) is 0 Å². The van der Waals surface area contributed by atoms with Crippen molar-refractivity contribution in [2.45, 2.75) is 91.1 Å². The average molecular weight is 1150 g/mol. The zero-order valence-electron chi connectivity index (χ0n) is 48.2. The first kappa shape index (κ1) is 62.7. The van der Waals surface area contributed by atoms with Crippen LogP contribution in [0.5, 0.6) is 0 Å². The van der Waals surface area contributed by atoms with Crippen molar-refractivity contribution in [3.8, 4) is 0 Å². The molecule has 84 heavy (non-hydrogen) atoms. The van der Waals surface area contributed by atoms with Crippen LogP contribution in [0.25, 0.3) is 0 Å². The molecular formula is C63H71N7O14. The maximum Gasteiger partial charge on any atom is 0.407 e. The van der Waals surface area contributed by atoms with Crippen LogP contribution < -0.4 is 5.32 Å². The maximum atomic E-state index is 13.8. The molecular weight excluding hydrogens is 1080 g/mol. The summed E-state index contributed by atoms with van der Waals surface area (Å²) >= 11 is 0. The summed E-state index contributed by atoms with van der Waals surface area (Å²) in [7, 11) is 3.67. The van der Waals surface area contributed by atoms with Gasteiger partial charge in [0.25, 0.3) is 0 Å². The van der Waals surface area contributed by atoms with Crippen molar-refractivity contribution in [1.29, 1.82) is 0 Å². The quantitative estimate of drug-likeness (QED) is 0.0361. The number of nitrogens with zero attached hydrogens (tertiary/aromatic N) is 6. The summed E-state index contributed by atoms with van der Waals surface area (Å²) in [5.74, 6) is -4.31. The number of nitrogens with one attached hydrogen (secondary N) is 1. The number of aromatic nitrogens is 3. The van der Waals surface area contributed by atoms with Gasteiger partial charge in [0.15, 0.2) is 0 Å². The highest BCUT2D eigenvalue weighted by Gasteiger charge is 2.29. The molecule has 0 spiro atoms. The van der Waals surface area contributed by atoms with Gasteiger partial charge in [-0.25, -0.2) is 48.5 Å². The predicted octanol–water partition coefficient (Wildman–Crippen LogP) is 8.19. The van der Waals surface area contributed by atoms with E-state index < -0.39 is 47.5 Å². The molecule has 0 saturated carbocycles. The normalized spacial score (nSPS) is 14.1. The zero-order valence-corrected chi connectivity index (χ0v) is 48.2. The van der Waals surface area contributed by atoms with E-state index in [0.717, 1.165) is 16.7 Å². The van der Waals surface area contributed by atoms with Crippen LogP contribution in [0.15, 0.2) is 127 Å². The summed E-state index contributed by atoms with van der Waals surface area (Å²) in [4.78, 5) is 114. The van der Waals surface area contributed by atoms with Gasteiger partial charge in [0.05, 0.1) is 55.1 Å². The predicted molar refractivity (Wildman–Crippen MR) is 306 cm³/mol. The van der Waals surface area contributed by atoms with Crippen molar-refractivity contribution in [2.24, 2.45) is 0 Å². The smallest absolute Gasteiger partial charge is 0.407 e. The molecule has 1 aliphatic rings. The summed E-state index contributed by atoms with van der Waals surface area (Å²) < 4.78 is 37.9. The molecule has 3 aromatic heterocycles. The molecule has 0 aliphatic carbocycles. The summed E-state index contributed by atoms with van der Waals surface area (Å²) in [5.41, 5.74) is 2.65. The van der Waals surface area contributed by atoms with Crippen molar-refractivity contribution in [3.63, 3.8) is 0 Å². The first-order valence-electron chi connectivity index (χ1n) is 27.5. The lowest BCUT2D eigenvalue weighted by atomic mass is 10.1. The van der Waals surface area contributed by atoms with E-state index in [1.165, 1.54) is 39.5 Å². The maximum absolute atomic E-state index is 13.8. The minimum absolute atomic E-state index is 0.00831. The standard InChI is InChI=1S/C63H71N7O14/c1-63(2,3)84-62(77)64-25-17-16-24-52-39-69(37-50-31-47(34-54(66-50)60(75)79-5)57(72)82-41-44-20-12-8-13-21-44)27-26-68(36-49-30-46(33-53(65-49)59(74)78-4)56(71)81-40-43-18-10-7-11-19-43)28-29-70(52)38-51-32-48(35-55(67-51)61(76)80-6)58(73)83-42-45-22-14-9-15-23-45/h7-15,18-23,30-35,52H,16-17,24-29,36-42H2,1-6H3,(H,64,77)/t52-/m0/s1. The molecule has 0 radical (unpaired) electrons. The van der Waals surface area contributed by atoms with E-state index in [0.29, 0.717) is 75.6 Å². The minimum Gasteiger partial charge on any atom is -0.464 e. The summed E-state index contributed by atoms with van der Waals surface area (Å²) in [6, 6.07) is 36.0. The van der Waals surface area contributed by atoms with Gasteiger partial charge in [-0.1, -0.05) is 97.4 Å². The fraction of sp³-hybridized carbons (Fsp3) is 0.365. The zero-order chi connectivity index (χ0) is 60.0. The Kier molecular flexibility index (Phi) is 23.1. The number of hydrogen-bond acceptors (Lipinski definition) is 20. The Bertz CT molecular complexity index is 3210. The number of alkyl carbamates (subject to hydrolysis) is 1. The molecule has 1 aliphatic heterocycles. The van der Waals surface area contributed by atoms with Crippen LogP contribution in [0.2, 0.25) is 0 Å². The molecule has 6 aromatic rings. The molecule has 7 rings (SSSR count). The van der Waals surface area contributed by atoms with Gasteiger partial charge in [-0.15, -0.1) is 0 Å². The third kappa shape index (κ3) is 19.6. The molecule has 1 amide bonds. The topological polar surface area (TPSA) is 245 Å².